The first kappa shape index (κ1) is 15.9. The third-order valence-electron chi connectivity index (χ3n) is 3.17. The number of halogens is 3. The van der Waals surface area contributed by atoms with Crippen LogP contribution in [0.3, 0.4) is 0 Å². The second-order valence-electron chi connectivity index (χ2n) is 4.55. The lowest BCUT2D eigenvalue weighted by Crippen LogP contribution is -2.52. The average molecular weight is 291 g/mol. The van der Waals surface area contributed by atoms with Gasteiger partial charge in [0.05, 0.1) is 6.42 Å². The summed E-state index contributed by atoms with van der Waals surface area (Å²) < 4.78 is 26.5. The van der Waals surface area contributed by atoms with E-state index in [4.69, 9.17) is 0 Å². The highest BCUT2D eigenvalue weighted by Gasteiger charge is 2.23. The highest BCUT2D eigenvalue weighted by molar-refractivity contribution is 5.85. The Morgan fingerprint density at radius 1 is 1.47 bits per heavy atom. The van der Waals surface area contributed by atoms with Crippen molar-refractivity contribution in [3.05, 3.63) is 35.4 Å². The van der Waals surface area contributed by atoms with Crippen molar-refractivity contribution in [3.8, 4) is 0 Å². The molecule has 0 aliphatic carbocycles. The number of hydrogen-bond donors (Lipinski definition) is 1. The molecule has 2 rings (SSSR count). The highest BCUT2D eigenvalue weighted by atomic mass is 35.5. The van der Waals surface area contributed by atoms with Crippen molar-refractivity contribution in [2.75, 3.05) is 19.6 Å². The second kappa shape index (κ2) is 6.82. The van der Waals surface area contributed by atoms with E-state index in [1.165, 1.54) is 0 Å². The molecule has 1 heterocycles. The molecule has 19 heavy (non-hydrogen) atoms. The van der Waals surface area contributed by atoms with Gasteiger partial charge in [0.2, 0.25) is 5.91 Å². The van der Waals surface area contributed by atoms with Crippen LogP contribution in [0, 0.1) is 11.6 Å². The number of nitrogens with one attached hydrogen (secondary N) is 1. The van der Waals surface area contributed by atoms with E-state index in [0.29, 0.717) is 6.54 Å². The Morgan fingerprint density at radius 3 is 2.89 bits per heavy atom. The summed E-state index contributed by atoms with van der Waals surface area (Å²) in [5, 5.41) is 3.18. The predicted octanol–water partition coefficient (Wildman–Crippen LogP) is 1.75. The van der Waals surface area contributed by atoms with Gasteiger partial charge in [-0.2, -0.15) is 0 Å². The van der Waals surface area contributed by atoms with Crippen LogP contribution < -0.4 is 5.32 Å². The van der Waals surface area contributed by atoms with Crippen molar-refractivity contribution in [2.24, 2.45) is 0 Å². The number of carbonyl (C=O) groups excluding carboxylic acids is 1. The molecule has 1 saturated heterocycles. The minimum Gasteiger partial charge on any atom is -0.337 e. The third-order valence-corrected chi connectivity index (χ3v) is 3.17. The van der Waals surface area contributed by atoms with E-state index in [1.807, 2.05) is 6.92 Å². The van der Waals surface area contributed by atoms with Gasteiger partial charge in [0, 0.05) is 31.2 Å². The average Bonchev–Trinajstić information content (AvgIpc) is 2.34. The normalized spacial score (nSPS) is 18.9. The summed E-state index contributed by atoms with van der Waals surface area (Å²) in [6, 6.07) is 3.28. The molecule has 1 aromatic carbocycles. The molecule has 1 aliphatic heterocycles. The number of carbonyl (C=O) groups is 1. The van der Waals surface area contributed by atoms with Gasteiger partial charge in [-0.05, 0) is 25.1 Å². The fourth-order valence-electron chi connectivity index (χ4n) is 2.15. The molecule has 3 nitrogen and oxygen atoms in total. The van der Waals surface area contributed by atoms with Crippen molar-refractivity contribution in [1.82, 2.24) is 10.2 Å². The van der Waals surface area contributed by atoms with Gasteiger partial charge in [-0.1, -0.05) is 0 Å². The van der Waals surface area contributed by atoms with E-state index in [1.54, 1.807) is 4.90 Å². The van der Waals surface area contributed by atoms with E-state index >= 15 is 0 Å². The Balaban J connectivity index is 0.00000180. The lowest BCUT2D eigenvalue weighted by molar-refractivity contribution is -0.133. The molecule has 0 aromatic heterocycles. The fourth-order valence-corrected chi connectivity index (χ4v) is 2.15. The van der Waals surface area contributed by atoms with E-state index in [9.17, 15) is 13.6 Å². The maximum Gasteiger partial charge on any atom is 0.227 e. The van der Waals surface area contributed by atoms with Crippen molar-refractivity contribution in [2.45, 2.75) is 19.4 Å². The fraction of sp³-hybridized carbons (Fsp3) is 0.462. The minimum absolute atomic E-state index is 0. The molecule has 1 fully saturated rings. The van der Waals surface area contributed by atoms with Crippen LogP contribution >= 0.6 is 12.4 Å². The van der Waals surface area contributed by atoms with Gasteiger partial charge < -0.3 is 10.2 Å². The Morgan fingerprint density at radius 2 is 2.21 bits per heavy atom. The molecule has 106 valence electrons. The highest BCUT2D eigenvalue weighted by Crippen LogP contribution is 2.13. The van der Waals surface area contributed by atoms with Crippen molar-refractivity contribution in [1.29, 1.82) is 0 Å². The number of amides is 1. The predicted molar refractivity (Wildman–Crippen MR) is 71.4 cm³/mol. The molecule has 0 radical (unpaired) electrons. The SMILES string of the molecule is C[C@H]1CNCCN1C(=O)Cc1cc(F)ccc1F.Cl. The van der Waals surface area contributed by atoms with Gasteiger partial charge >= 0.3 is 0 Å². The molecule has 0 bridgehead atoms. The van der Waals surface area contributed by atoms with Crippen LogP contribution in [0.5, 0.6) is 0 Å². The van der Waals surface area contributed by atoms with Gasteiger partial charge in [0.25, 0.3) is 0 Å². The Kier molecular flexibility index (Phi) is 5.69. The quantitative estimate of drug-likeness (QED) is 0.900. The molecular weight excluding hydrogens is 274 g/mol. The van der Waals surface area contributed by atoms with Crippen LogP contribution in [0.4, 0.5) is 8.78 Å². The lowest BCUT2D eigenvalue weighted by atomic mass is 10.1. The van der Waals surface area contributed by atoms with Crippen LogP contribution in [0.2, 0.25) is 0 Å². The van der Waals surface area contributed by atoms with Gasteiger partial charge in [0.15, 0.2) is 0 Å². The number of piperazine rings is 1. The Hall–Kier alpha value is -1.20. The summed E-state index contributed by atoms with van der Waals surface area (Å²) in [6.07, 6.45) is -0.0894. The Labute approximate surface area is 117 Å². The topological polar surface area (TPSA) is 32.3 Å². The van der Waals surface area contributed by atoms with Gasteiger partial charge in [-0.3, -0.25) is 4.79 Å². The molecule has 1 N–H and O–H groups in total. The molecule has 0 spiro atoms. The van der Waals surface area contributed by atoms with Gasteiger partial charge in [-0.25, -0.2) is 8.78 Å². The standard InChI is InChI=1S/C13H16F2N2O.ClH/c1-9-8-16-4-5-17(9)13(18)7-10-6-11(14)2-3-12(10)15;/h2-3,6,9,16H,4-5,7-8H2,1H3;1H/t9-;/m0./s1. The number of rotatable bonds is 2. The molecule has 1 amide bonds. The largest absolute Gasteiger partial charge is 0.337 e. The second-order valence-corrected chi connectivity index (χ2v) is 4.55. The molecule has 1 aromatic rings. The van der Waals surface area contributed by atoms with Crippen LogP contribution in [-0.4, -0.2) is 36.5 Å². The van der Waals surface area contributed by atoms with Crippen molar-refractivity contribution in [3.63, 3.8) is 0 Å². The van der Waals surface area contributed by atoms with Gasteiger partial charge in [0.1, 0.15) is 11.6 Å². The molecule has 0 unspecified atom stereocenters. The smallest absolute Gasteiger partial charge is 0.227 e. The Bertz CT molecular complexity index is 456. The molecule has 6 heteroatoms. The van der Waals surface area contributed by atoms with E-state index < -0.39 is 11.6 Å². The zero-order valence-corrected chi connectivity index (χ0v) is 11.5. The number of benzene rings is 1. The zero-order valence-electron chi connectivity index (χ0n) is 10.7. The first-order valence-corrected chi connectivity index (χ1v) is 6.02. The maximum absolute atomic E-state index is 13.4. The molecule has 1 atom stereocenters. The van der Waals surface area contributed by atoms with Crippen LogP contribution in [0.25, 0.3) is 0 Å². The summed E-state index contributed by atoms with van der Waals surface area (Å²) in [5.41, 5.74) is 0.116. The first-order valence-electron chi connectivity index (χ1n) is 6.02. The number of hydrogen-bond acceptors (Lipinski definition) is 2. The number of nitrogens with zero attached hydrogens (tertiary/aromatic N) is 1. The summed E-state index contributed by atoms with van der Waals surface area (Å²) in [5.74, 6) is -1.21. The first-order chi connectivity index (χ1) is 8.58. The monoisotopic (exact) mass is 290 g/mol. The summed E-state index contributed by atoms with van der Waals surface area (Å²) in [6.45, 7) is 4.02. The van der Waals surface area contributed by atoms with E-state index in [-0.39, 0.29) is 36.3 Å². The third kappa shape index (κ3) is 3.88. The van der Waals surface area contributed by atoms with Crippen LogP contribution in [-0.2, 0) is 11.2 Å². The minimum atomic E-state index is -0.535. The van der Waals surface area contributed by atoms with Crippen LogP contribution in [0.1, 0.15) is 12.5 Å². The lowest BCUT2D eigenvalue weighted by Gasteiger charge is -2.34. The summed E-state index contributed by atoms with van der Waals surface area (Å²) >= 11 is 0. The molecular formula is C13H17ClF2N2O. The van der Waals surface area contributed by atoms with E-state index in [2.05, 4.69) is 5.32 Å². The molecule has 1 aliphatic rings. The molecule has 0 saturated carbocycles. The van der Waals surface area contributed by atoms with E-state index in [0.717, 1.165) is 31.3 Å². The summed E-state index contributed by atoms with van der Waals surface area (Å²) in [4.78, 5) is 13.8. The van der Waals surface area contributed by atoms with Crippen molar-refractivity contribution < 1.29 is 13.6 Å². The van der Waals surface area contributed by atoms with Crippen LogP contribution in [0.15, 0.2) is 18.2 Å². The zero-order chi connectivity index (χ0) is 13.1. The maximum atomic E-state index is 13.4. The van der Waals surface area contributed by atoms with Crippen molar-refractivity contribution >= 4 is 18.3 Å². The van der Waals surface area contributed by atoms with Gasteiger partial charge in [-0.15, -0.1) is 12.4 Å². The summed E-state index contributed by atoms with van der Waals surface area (Å²) in [7, 11) is 0.